The molecule has 9 atom stereocenters. The van der Waals surface area contributed by atoms with Crippen molar-refractivity contribution in [2.24, 2.45) is 46.3 Å². The molecule has 29 heavy (non-hydrogen) atoms. The SMILES string of the molecule is C=C1O[C@H]2[C@H]3CC[C@H]([C@H](C)/C=C/CC(C)C)[C@@]3(C)CC[C@H]2[C@@]2(C)CC[C@H](O)C[C@@H]12. The predicted octanol–water partition coefficient (Wildman–Crippen LogP) is 6.75. The second kappa shape index (κ2) is 7.74. The average molecular weight is 401 g/mol. The highest BCUT2D eigenvalue weighted by molar-refractivity contribution is 5.17. The molecule has 1 heterocycles. The summed E-state index contributed by atoms with van der Waals surface area (Å²) in [5.41, 5.74) is 0.655. The third-order valence-electron chi connectivity index (χ3n) is 9.79. The zero-order valence-electron chi connectivity index (χ0n) is 19.5. The molecule has 0 aromatic heterocycles. The molecule has 0 amide bonds. The van der Waals surface area contributed by atoms with Crippen LogP contribution in [-0.2, 0) is 4.74 Å². The van der Waals surface area contributed by atoms with Crippen LogP contribution in [0.25, 0.3) is 0 Å². The van der Waals surface area contributed by atoms with Crippen molar-refractivity contribution in [3.05, 3.63) is 24.5 Å². The zero-order valence-corrected chi connectivity index (χ0v) is 19.5. The molecule has 0 bridgehead atoms. The Morgan fingerprint density at radius 3 is 2.48 bits per heavy atom. The highest BCUT2D eigenvalue weighted by Crippen LogP contribution is 2.66. The van der Waals surface area contributed by atoms with Crippen molar-refractivity contribution in [2.45, 2.75) is 98.2 Å². The number of aliphatic hydroxyl groups excluding tert-OH is 1. The van der Waals surface area contributed by atoms with Crippen LogP contribution >= 0.6 is 0 Å². The van der Waals surface area contributed by atoms with E-state index in [-0.39, 0.29) is 11.5 Å². The van der Waals surface area contributed by atoms with Gasteiger partial charge in [0.15, 0.2) is 0 Å². The first kappa shape index (κ1) is 21.5. The van der Waals surface area contributed by atoms with Crippen LogP contribution < -0.4 is 0 Å². The molecular formula is C27H44O2. The van der Waals surface area contributed by atoms with Gasteiger partial charge in [-0.25, -0.2) is 0 Å². The van der Waals surface area contributed by atoms with Gasteiger partial charge in [-0.15, -0.1) is 0 Å². The summed E-state index contributed by atoms with van der Waals surface area (Å²) in [6.07, 6.45) is 14.5. The molecule has 0 radical (unpaired) electrons. The third-order valence-corrected chi connectivity index (χ3v) is 9.79. The molecule has 1 saturated heterocycles. The summed E-state index contributed by atoms with van der Waals surface area (Å²) in [4.78, 5) is 0. The number of aliphatic hydroxyl groups is 1. The lowest BCUT2D eigenvalue weighted by molar-refractivity contribution is -0.182. The Morgan fingerprint density at radius 2 is 1.76 bits per heavy atom. The molecule has 1 N–H and O–H groups in total. The van der Waals surface area contributed by atoms with Gasteiger partial charge in [-0.05, 0) is 80.0 Å². The van der Waals surface area contributed by atoms with E-state index in [9.17, 15) is 5.11 Å². The first-order chi connectivity index (χ1) is 13.7. The van der Waals surface area contributed by atoms with E-state index in [1.807, 2.05) is 0 Å². The predicted molar refractivity (Wildman–Crippen MR) is 120 cm³/mol. The maximum atomic E-state index is 10.3. The Labute approximate surface area is 179 Å². The molecule has 4 aliphatic rings. The van der Waals surface area contributed by atoms with Gasteiger partial charge in [-0.3, -0.25) is 0 Å². The number of allylic oxidation sites excluding steroid dienone is 3. The summed E-state index contributed by atoms with van der Waals surface area (Å²) < 4.78 is 6.67. The van der Waals surface area contributed by atoms with Gasteiger partial charge in [0.2, 0.25) is 0 Å². The van der Waals surface area contributed by atoms with Crippen molar-refractivity contribution in [3.8, 4) is 0 Å². The fourth-order valence-electron chi connectivity index (χ4n) is 8.06. The highest BCUT2D eigenvalue weighted by Gasteiger charge is 2.62. The first-order valence-electron chi connectivity index (χ1n) is 12.4. The Balaban J connectivity index is 1.54. The van der Waals surface area contributed by atoms with Crippen LogP contribution in [0.3, 0.4) is 0 Å². The van der Waals surface area contributed by atoms with Crippen molar-refractivity contribution in [1.82, 2.24) is 0 Å². The minimum atomic E-state index is -0.173. The molecule has 3 saturated carbocycles. The number of hydrogen-bond acceptors (Lipinski definition) is 2. The lowest BCUT2D eigenvalue weighted by Gasteiger charge is -2.60. The van der Waals surface area contributed by atoms with Crippen molar-refractivity contribution in [3.63, 3.8) is 0 Å². The van der Waals surface area contributed by atoms with E-state index in [4.69, 9.17) is 4.74 Å². The Bertz CT molecular complexity index is 651. The Kier molecular flexibility index (Phi) is 5.73. The molecule has 164 valence electrons. The zero-order chi connectivity index (χ0) is 21.0. The monoisotopic (exact) mass is 400 g/mol. The van der Waals surface area contributed by atoms with Crippen LogP contribution in [0.4, 0.5) is 0 Å². The van der Waals surface area contributed by atoms with E-state index < -0.39 is 0 Å². The van der Waals surface area contributed by atoms with Gasteiger partial charge in [-0.2, -0.15) is 0 Å². The van der Waals surface area contributed by atoms with Crippen LogP contribution in [-0.4, -0.2) is 17.3 Å². The first-order valence-corrected chi connectivity index (χ1v) is 12.4. The van der Waals surface area contributed by atoms with Gasteiger partial charge in [-0.1, -0.05) is 53.3 Å². The summed E-state index contributed by atoms with van der Waals surface area (Å²) in [6, 6.07) is 0. The van der Waals surface area contributed by atoms with Gasteiger partial charge < -0.3 is 9.84 Å². The van der Waals surface area contributed by atoms with Crippen LogP contribution in [0, 0.1) is 46.3 Å². The normalized spacial score (nSPS) is 48.2. The summed E-state index contributed by atoms with van der Waals surface area (Å²) >= 11 is 0. The van der Waals surface area contributed by atoms with E-state index in [1.165, 1.54) is 32.1 Å². The molecule has 0 spiro atoms. The second-order valence-corrected chi connectivity index (χ2v) is 11.9. The van der Waals surface area contributed by atoms with E-state index in [2.05, 4.69) is 53.3 Å². The Morgan fingerprint density at radius 1 is 1.07 bits per heavy atom. The largest absolute Gasteiger partial charge is 0.494 e. The van der Waals surface area contributed by atoms with Crippen molar-refractivity contribution in [2.75, 3.05) is 0 Å². The van der Waals surface area contributed by atoms with Crippen LogP contribution in [0.5, 0.6) is 0 Å². The molecule has 1 aliphatic heterocycles. The fourth-order valence-corrected chi connectivity index (χ4v) is 8.06. The standard InChI is InChI=1S/C27H44O2/c1-17(2)8-7-9-18(3)21-10-11-22-25-23(13-15-26(21,22)5)27(6)14-12-20(28)16-24(27)19(4)29-25/h7,9,17-18,20-25,28H,4,8,10-16H2,1-3,5-6H3/b9-7+/t18-,20+,21-,22-,23-,24+,25+,26-,27-/m1/s1. The molecule has 0 aromatic carbocycles. The number of fused-ring (bicyclic) bond motifs is 5. The lowest BCUT2D eigenvalue weighted by atomic mass is 9.49. The Hall–Kier alpha value is -0.760. The highest BCUT2D eigenvalue weighted by atomic mass is 16.5. The van der Waals surface area contributed by atoms with Gasteiger partial charge in [0.25, 0.3) is 0 Å². The summed E-state index contributed by atoms with van der Waals surface area (Å²) in [5.74, 6) is 4.78. The molecule has 0 aromatic rings. The summed E-state index contributed by atoms with van der Waals surface area (Å²) in [7, 11) is 0. The van der Waals surface area contributed by atoms with Crippen LogP contribution in [0.2, 0.25) is 0 Å². The third kappa shape index (κ3) is 3.52. The second-order valence-electron chi connectivity index (χ2n) is 11.9. The van der Waals surface area contributed by atoms with Gasteiger partial charge >= 0.3 is 0 Å². The summed E-state index contributed by atoms with van der Waals surface area (Å²) in [5, 5.41) is 10.3. The average Bonchev–Trinajstić information content (AvgIpc) is 3.00. The number of ether oxygens (including phenoxy) is 1. The molecule has 4 rings (SSSR count). The number of rotatable bonds is 4. The molecule has 3 aliphatic carbocycles. The molecule has 0 unspecified atom stereocenters. The van der Waals surface area contributed by atoms with Crippen LogP contribution in [0.15, 0.2) is 24.5 Å². The molecule has 4 fully saturated rings. The molecule has 2 nitrogen and oxygen atoms in total. The minimum Gasteiger partial charge on any atom is -0.494 e. The summed E-state index contributed by atoms with van der Waals surface area (Å²) in [6.45, 7) is 16.5. The maximum absolute atomic E-state index is 10.3. The smallest absolute Gasteiger partial charge is 0.105 e. The maximum Gasteiger partial charge on any atom is 0.105 e. The molecule has 2 heteroatoms. The van der Waals surface area contributed by atoms with E-state index in [0.717, 1.165) is 36.9 Å². The van der Waals surface area contributed by atoms with Gasteiger partial charge in [0.05, 0.1) is 11.9 Å². The van der Waals surface area contributed by atoms with E-state index in [1.54, 1.807) is 0 Å². The fraction of sp³-hybridized carbons (Fsp3) is 0.852. The van der Waals surface area contributed by atoms with Gasteiger partial charge in [0, 0.05) is 17.8 Å². The quantitative estimate of drug-likeness (QED) is 0.529. The van der Waals surface area contributed by atoms with Gasteiger partial charge in [0.1, 0.15) is 6.10 Å². The number of hydrogen-bond donors (Lipinski definition) is 1. The van der Waals surface area contributed by atoms with Crippen molar-refractivity contribution in [1.29, 1.82) is 0 Å². The van der Waals surface area contributed by atoms with E-state index in [0.29, 0.717) is 35.2 Å². The lowest BCUT2D eigenvalue weighted by Crippen LogP contribution is -2.58. The van der Waals surface area contributed by atoms with E-state index >= 15 is 0 Å². The minimum absolute atomic E-state index is 0.173. The topological polar surface area (TPSA) is 29.5 Å². The van der Waals surface area contributed by atoms with Crippen LogP contribution in [0.1, 0.15) is 86.0 Å². The van der Waals surface area contributed by atoms with Crippen molar-refractivity contribution >= 4 is 0 Å². The van der Waals surface area contributed by atoms with Crippen molar-refractivity contribution < 1.29 is 9.84 Å². The molecular weight excluding hydrogens is 356 g/mol.